The summed E-state index contributed by atoms with van der Waals surface area (Å²) in [5.41, 5.74) is 0.924. The van der Waals surface area contributed by atoms with Crippen molar-refractivity contribution in [1.29, 1.82) is 0 Å². The molecule has 1 aromatic rings. The van der Waals surface area contributed by atoms with Gasteiger partial charge in [0.15, 0.2) is 0 Å². The summed E-state index contributed by atoms with van der Waals surface area (Å²) in [6.07, 6.45) is 0.357. The maximum Gasteiger partial charge on any atom is 0.119 e. The number of aliphatic hydroxyl groups excluding tert-OH is 1. The number of rotatable bonds is 4. The Morgan fingerprint density at radius 3 is 2.77 bits per heavy atom. The maximum atomic E-state index is 9.57. The summed E-state index contributed by atoms with van der Waals surface area (Å²) in [6, 6.07) is 7.60. The first kappa shape index (κ1) is 10.1. The molecule has 0 saturated heterocycles. The van der Waals surface area contributed by atoms with E-state index in [-0.39, 0.29) is 6.10 Å². The lowest BCUT2D eigenvalue weighted by molar-refractivity contribution is 0.173. The minimum Gasteiger partial charge on any atom is -0.494 e. The number of aliphatic hydroxyl groups is 1. The minimum atomic E-state index is -0.375. The van der Waals surface area contributed by atoms with Crippen molar-refractivity contribution in [2.75, 3.05) is 6.61 Å². The molecule has 0 aliphatic carbocycles. The predicted octanol–water partition coefficient (Wildman–Crippen LogP) is 2.53. The van der Waals surface area contributed by atoms with E-state index in [0.29, 0.717) is 6.61 Å². The Kier molecular flexibility index (Phi) is 3.77. The highest BCUT2D eigenvalue weighted by atomic mass is 16.5. The normalized spacial score (nSPS) is 12.5. The molecule has 1 aromatic carbocycles. The Balaban J connectivity index is 2.78. The molecule has 0 fully saturated rings. The van der Waals surface area contributed by atoms with E-state index in [1.807, 2.05) is 38.1 Å². The highest BCUT2D eigenvalue weighted by Crippen LogP contribution is 2.20. The van der Waals surface area contributed by atoms with E-state index in [0.717, 1.165) is 17.7 Å². The van der Waals surface area contributed by atoms with Gasteiger partial charge in [0.05, 0.1) is 12.7 Å². The molecule has 0 unspecified atom stereocenters. The minimum absolute atomic E-state index is 0.375. The van der Waals surface area contributed by atoms with Crippen molar-refractivity contribution >= 4 is 0 Å². The average molecular weight is 180 g/mol. The highest BCUT2D eigenvalue weighted by Gasteiger charge is 2.04. The van der Waals surface area contributed by atoms with E-state index in [1.165, 1.54) is 0 Å². The molecule has 0 saturated carbocycles. The van der Waals surface area contributed by atoms with E-state index >= 15 is 0 Å². The molecule has 13 heavy (non-hydrogen) atoms. The molecule has 2 nitrogen and oxygen atoms in total. The fourth-order valence-electron chi connectivity index (χ4n) is 1.21. The molecule has 72 valence electrons. The zero-order valence-corrected chi connectivity index (χ0v) is 8.16. The molecular formula is C11H16O2. The van der Waals surface area contributed by atoms with Crippen molar-refractivity contribution in [3.05, 3.63) is 29.8 Å². The fourth-order valence-corrected chi connectivity index (χ4v) is 1.21. The summed E-state index contributed by atoms with van der Waals surface area (Å²) >= 11 is 0. The molecule has 0 aliphatic rings. The van der Waals surface area contributed by atoms with Gasteiger partial charge in [-0.1, -0.05) is 19.1 Å². The summed E-state index contributed by atoms with van der Waals surface area (Å²) in [4.78, 5) is 0. The number of ether oxygens (including phenoxy) is 1. The molecule has 0 amide bonds. The van der Waals surface area contributed by atoms with Crippen LogP contribution in [0.25, 0.3) is 0 Å². The van der Waals surface area contributed by atoms with Gasteiger partial charge in [-0.3, -0.25) is 0 Å². The number of benzene rings is 1. The topological polar surface area (TPSA) is 29.5 Å². The summed E-state index contributed by atoms with van der Waals surface area (Å²) in [5.74, 6) is 0.826. The lowest BCUT2D eigenvalue weighted by Gasteiger charge is -2.09. The van der Waals surface area contributed by atoms with Crippen LogP contribution in [-0.4, -0.2) is 11.7 Å². The second-order valence-corrected chi connectivity index (χ2v) is 2.93. The van der Waals surface area contributed by atoms with Crippen LogP contribution in [0.15, 0.2) is 24.3 Å². The Morgan fingerprint density at radius 2 is 2.15 bits per heavy atom. The molecule has 1 rings (SSSR count). The Morgan fingerprint density at radius 1 is 1.38 bits per heavy atom. The second-order valence-electron chi connectivity index (χ2n) is 2.93. The molecule has 0 spiro atoms. The first-order valence-corrected chi connectivity index (χ1v) is 4.68. The van der Waals surface area contributed by atoms with Gasteiger partial charge >= 0.3 is 0 Å². The Bertz CT molecular complexity index is 258. The fraction of sp³-hybridized carbons (Fsp3) is 0.455. The van der Waals surface area contributed by atoms with Crippen molar-refractivity contribution in [3.63, 3.8) is 0 Å². The van der Waals surface area contributed by atoms with Crippen LogP contribution >= 0.6 is 0 Å². The van der Waals surface area contributed by atoms with E-state index in [1.54, 1.807) is 0 Å². The number of hydrogen-bond acceptors (Lipinski definition) is 2. The smallest absolute Gasteiger partial charge is 0.119 e. The summed E-state index contributed by atoms with van der Waals surface area (Å²) in [5, 5.41) is 9.57. The van der Waals surface area contributed by atoms with Crippen LogP contribution in [-0.2, 0) is 0 Å². The van der Waals surface area contributed by atoms with Gasteiger partial charge in [-0.2, -0.15) is 0 Å². The van der Waals surface area contributed by atoms with Crippen molar-refractivity contribution in [1.82, 2.24) is 0 Å². The zero-order valence-electron chi connectivity index (χ0n) is 8.16. The highest BCUT2D eigenvalue weighted by molar-refractivity contribution is 5.29. The Hall–Kier alpha value is -1.02. The van der Waals surface area contributed by atoms with Crippen LogP contribution in [0.1, 0.15) is 31.9 Å². The largest absolute Gasteiger partial charge is 0.494 e. The molecule has 0 aromatic heterocycles. The van der Waals surface area contributed by atoms with Gasteiger partial charge in [-0.15, -0.1) is 0 Å². The molecule has 0 radical (unpaired) electrons. The van der Waals surface area contributed by atoms with Crippen molar-refractivity contribution < 1.29 is 9.84 Å². The lowest BCUT2D eigenvalue weighted by atomic mass is 10.1. The van der Waals surface area contributed by atoms with Gasteiger partial charge < -0.3 is 9.84 Å². The van der Waals surface area contributed by atoms with E-state index in [9.17, 15) is 5.11 Å². The van der Waals surface area contributed by atoms with Crippen LogP contribution in [0.5, 0.6) is 5.75 Å². The van der Waals surface area contributed by atoms with Gasteiger partial charge in [0, 0.05) is 0 Å². The van der Waals surface area contributed by atoms with Gasteiger partial charge in [0.2, 0.25) is 0 Å². The van der Waals surface area contributed by atoms with Gasteiger partial charge in [-0.25, -0.2) is 0 Å². The maximum absolute atomic E-state index is 9.57. The SMILES string of the molecule is CCOc1cccc([C@H](O)CC)c1. The quantitative estimate of drug-likeness (QED) is 0.771. The Labute approximate surface area is 79.2 Å². The molecule has 0 heterocycles. The van der Waals surface area contributed by atoms with Crippen molar-refractivity contribution in [2.24, 2.45) is 0 Å². The standard InChI is InChI=1S/C11H16O2/c1-3-11(12)9-6-5-7-10(8-9)13-4-2/h5-8,11-12H,3-4H2,1-2H3/t11-/m1/s1. The number of hydrogen-bond donors (Lipinski definition) is 1. The molecule has 0 aliphatic heterocycles. The summed E-state index contributed by atoms with van der Waals surface area (Å²) < 4.78 is 5.33. The summed E-state index contributed by atoms with van der Waals surface area (Å²) in [7, 11) is 0. The van der Waals surface area contributed by atoms with Crippen molar-refractivity contribution in [3.8, 4) is 5.75 Å². The lowest BCUT2D eigenvalue weighted by Crippen LogP contribution is -1.97. The van der Waals surface area contributed by atoms with Gasteiger partial charge in [-0.05, 0) is 31.0 Å². The molecule has 1 N–H and O–H groups in total. The monoisotopic (exact) mass is 180 g/mol. The second kappa shape index (κ2) is 4.87. The van der Waals surface area contributed by atoms with E-state index < -0.39 is 0 Å². The first-order chi connectivity index (χ1) is 6.27. The molecule has 0 bridgehead atoms. The third-order valence-electron chi connectivity index (χ3n) is 1.94. The van der Waals surface area contributed by atoms with E-state index in [2.05, 4.69) is 0 Å². The summed E-state index contributed by atoms with van der Waals surface area (Å²) in [6.45, 7) is 4.56. The van der Waals surface area contributed by atoms with E-state index in [4.69, 9.17) is 4.74 Å². The van der Waals surface area contributed by atoms with Crippen LogP contribution in [0.4, 0.5) is 0 Å². The van der Waals surface area contributed by atoms with Gasteiger partial charge in [0.1, 0.15) is 5.75 Å². The predicted molar refractivity (Wildman–Crippen MR) is 52.9 cm³/mol. The third kappa shape index (κ3) is 2.74. The van der Waals surface area contributed by atoms with Crippen LogP contribution in [0.2, 0.25) is 0 Å². The molecular weight excluding hydrogens is 164 g/mol. The zero-order chi connectivity index (χ0) is 9.68. The molecule has 1 atom stereocenters. The third-order valence-corrected chi connectivity index (χ3v) is 1.94. The first-order valence-electron chi connectivity index (χ1n) is 4.68. The van der Waals surface area contributed by atoms with Crippen LogP contribution in [0.3, 0.4) is 0 Å². The molecule has 2 heteroatoms. The van der Waals surface area contributed by atoms with Crippen molar-refractivity contribution in [2.45, 2.75) is 26.4 Å². The van der Waals surface area contributed by atoms with Crippen LogP contribution < -0.4 is 4.74 Å². The average Bonchev–Trinajstić information content (AvgIpc) is 2.18. The van der Waals surface area contributed by atoms with Crippen LogP contribution in [0, 0.1) is 0 Å². The van der Waals surface area contributed by atoms with Gasteiger partial charge in [0.25, 0.3) is 0 Å².